The summed E-state index contributed by atoms with van der Waals surface area (Å²) in [7, 11) is 1.78. The van der Waals surface area contributed by atoms with E-state index < -0.39 is 0 Å². The Balaban J connectivity index is 0.00000280. The number of aryl methyl sites for hydroxylation is 2. The summed E-state index contributed by atoms with van der Waals surface area (Å²) in [5, 5.41) is 13.3. The lowest BCUT2D eigenvalue weighted by Gasteiger charge is -2.25. The second kappa shape index (κ2) is 10.4. The predicted molar refractivity (Wildman–Crippen MR) is 126 cm³/mol. The van der Waals surface area contributed by atoms with Gasteiger partial charge in [-0.15, -0.1) is 35.3 Å². The summed E-state index contributed by atoms with van der Waals surface area (Å²) >= 11 is 1.78. The van der Waals surface area contributed by atoms with Gasteiger partial charge in [-0.25, -0.2) is 9.48 Å². The van der Waals surface area contributed by atoms with Crippen molar-refractivity contribution >= 4 is 41.3 Å². The molecular weight excluding hydrogens is 487 g/mol. The zero-order valence-electron chi connectivity index (χ0n) is 16.9. The quantitative estimate of drug-likeness (QED) is 0.256. The van der Waals surface area contributed by atoms with Crippen LogP contribution in [0.15, 0.2) is 27.3 Å². The third kappa shape index (κ3) is 5.59. The molecule has 0 amide bonds. The standard InChI is InChI=1S/C19H30N6OS.HI/c1-19(2,15-8-6-13-27-15)14-22-17(20-3)21-10-7-12-25-18(26)24-11-5-4-9-16(24)23-25;/h6,8,13H,4-5,7,9-12,14H2,1-3H3,(H2,20,21,22);1H. The van der Waals surface area contributed by atoms with Crippen molar-refractivity contribution < 1.29 is 0 Å². The van der Waals surface area contributed by atoms with Gasteiger partial charge in [0, 0.05) is 49.9 Å². The minimum Gasteiger partial charge on any atom is -0.356 e. The van der Waals surface area contributed by atoms with Crippen molar-refractivity contribution in [2.75, 3.05) is 20.1 Å². The number of halogens is 1. The Labute approximate surface area is 187 Å². The Kier molecular flexibility index (Phi) is 8.54. The molecule has 1 aliphatic heterocycles. The number of hydrogen-bond donors (Lipinski definition) is 2. The van der Waals surface area contributed by atoms with Gasteiger partial charge in [-0.1, -0.05) is 19.9 Å². The van der Waals surface area contributed by atoms with E-state index in [-0.39, 0.29) is 35.1 Å². The molecule has 0 spiro atoms. The van der Waals surface area contributed by atoms with Gasteiger partial charge in [0.15, 0.2) is 5.96 Å². The molecule has 0 saturated heterocycles. The molecule has 0 bridgehead atoms. The molecule has 2 aromatic rings. The highest BCUT2D eigenvalue weighted by Gasteiger charge is 2.22. The number of aliphatic imine (C=N–C) groups is 1. The first-order valence-corrected chi connectivity index (χ1v) is 10.5. The van der Waals surface area contributed by atoms with Crippen LogP contribution in [0.5, 0.6) is 0 Å². The molecular formula is C19H31IN6OS. The van der Waals surface area contributed by atoms with Crippen molar-refractivity contribution in [2.45, 2.75) is 58.0 Å². The molecule has 3 rings (SSSR count). The molecule has 156 valence electrons. The third-order valence-corrected chi connectivity index (χ3v) is 6.22. The maximum Gasteiger partial charge on any atom is 0.345 e. The fourth-order valence-corrected chi connectivity index (χ4v) is 4.16. The molecule has 7 nitrogen and oxygen atoms in total. The minimum absolute atomic E-state index is 0. The van der Waals surface area contributed by atoms with E-state index in [1.54, 1.807) is 23.1 Å². The summed E-state index contributed by atoms with van der Waals surface area (Å²) in [6, 6.07) is 4.26. The molecule has 0 aliphatic carbocycles. The average molecular weight is 518 g/mol. The Bertz CT molecular complexity index is 824. The van der Waals surface area contributed by atoms with E-state index in [9.17, 15) is 4.79 Å². The summed E-state index contributed by atoms with van der Waals surface area (Å²) in [6.07, 6.45) is 3.94. The van der Waals surface area contributed by atoms with Crippen LogP contribution in [0.2, 0.25) is 0 Å². The fraction of sp³-hybridized carbons (Fsp3) is 0.632. The minimum atomic E-state index is 0. The molecule has 28 heavy (non-hydrogen) atoms. The van der Waals surface area contributed by atoms with Crippen molar-refractivity contribution in [1.29, 1.82) is 0 Å². The largest absolute Gasteiger partial charge is 0.356 e. The van der Waals surface area contributed by atoms with E-state index in [0.717, 1.165) is 57.1 Å². The van der Waals surface area contributed by atoms with E-state index >= 15 is 0 Å². The first-order chi connectivity index (χ1) is 13.0. The van der Waals surface area contributed by atoms with Gasteiger partial charge in [-0.3, -0.25) is 9.56 Å². The van der Waals surface area contributed by atoms with Crippen LogP contribution in [0.25, 0.3) is 0 Å². The van der Waals surface area contributed by atoms with Crippen LogP contribution < -0.4 is 16.3 Å². The molecule has 2 N–H and O–H groups in total. The van der Waals surface area contributed by atoms with Gasteiger partial charge in [0.25, 0.3) is 0 Å². The summed E-state index contributed by atoms with van der Waals surface area (Å²) in [4.78, 5) is 18.0. The van der Waals surface area contributed by atoms with Crippen molar-refractivity contribution in [2.24, 2.45) is 4.99 Å². The maximum absolute atomic E-state index is 12.3. The lowest BCUT2D eigenvalue weighted by Crippen LogP contribution is -2.43. The topological polar surface area (TPSA) is 76.2 Å². The van der Waals surface area contributed by atoms with Gasteiger partial charge in [0.2, 0.25) is 0 Å². The second-order valence-electron chi connectivity index (χ2n) is 7.60. The third-order valence-electron chi connectivity index (χ3n) is 4.98. The number of aromatic nitrogens is 3. The second-order valence-corrected chi connectivity index (χ2v) is 8.55. The van der Waals surface area contributed by atoms with Gasteiger partial charge >= 0.3 is 5.69 Å². The van der Waals surface area contributed by atoms with E-state index in [2.05, 4.69) is 52.1 Å². The highest BCUT2D eigenvalue weighted by atomic mass is 127. The van der Waals surface area contributed by atoms with Crippen LogP contribution in [0.4, 0.5) is 0 Å². The van der Waals surface area contributed by atoms with Gasteiger partial charge in [-0.2, -0.15) is 5.10 Å². The summed E-state index contributed by atoms with van der Waals surface area (Å²) in [5.74, 6) is 1.73. The number of fused-ring (bicyclic) bond motifs is 1. The van der Waals surface area contributed by atoms with Gasteiger partial charge in [-0.05, 0) is 30.7 Å². The lowest BCUT2D eigenvalue weighted by atomic mass is 9.91. The van der Waals surface area contributed by atoms with Crippen LogP contribution in [0, 0.1) is 0 Å². The predicted octanol–water partition coefficient (Wildman–Crippen LogP) is 2.59. The van der Waals surface area contributed by atoms with Crippen LogP contribution in [0.1, 0.15) is 43.8 Å². The van der Waals surface area contributed by atoms with Gasteiger partial charge < -0.3 is 10.6 Å². The number of thiophene rings is 1. The first kappa shape index (κ1) is 22.9. The Hall–Kier alpha value is -1.36. The Morgan fingerprint density at radius 2 is 2.18 bits per heavy atom. The molecule has 0 unspecified atom stereocenters. The summed E-state index contributed by atoms with van der Waals surface area (Å²) in [6.45, 7) is 7.44. The molecule has 0 atom stereocenters. The van der Waals surface area contributed by atoms with Crippen LogP contribution in [-0.4, -0.2) is 40.4 Å². The van der Waals surface area contributed by atoms with E-state index in [1.165, 1.54) is 4.88 Å². The van der Waals surface area contributed by atoms with E-state index in [4.69, 9.17) is 0 Å². The monoisotopic (exact) mass is 518 g/mol. The van der Waals surface area contributed by atoms with Crippen LogP contribution in [0.3, 0.4) is 0 Å². The molecule has 0 radical (unpaired) electrons. The van der Waals surface area contributed by atoms with Crippen molar-refractivity contribution in [3.63, 3.8) is 0 Å². The number of nitrogens with zero attached hydrogens (tertiary/aromatic N) is 4. The van der Waals surface area contributed by atoms with Crippen molar-refractivity contribution in [3.8, 4) is 0 Å². The molecule has 0 saturated carbocycles. The smallest absolute Gasteiger partial charge is 0.345 e. The number of nitrogens with one attached hydrogen (secondary N) is 2. The summed E-state index contributed by atoms with van der Waals surface area (Å²) < 4.78 is 3.43. The van der Waals surface area contributed by atoms with Crippen LogP contribution in [-0.2, 0) is 24.9 Å². The fourth-order valence-electron chi connectivity index (χ4n) is 3.31. The Morgan fingerprint density at radius 1 is 1.36 bits per heavy atom. The number of rotatable bonds is 7. The first-order valence-electron chi connectivity index (χ1n) is 9.66. The molecule has 1 aliphatic rings. The zero-order chi connectivity index (χ0) is 19.3. The number of hydrogen-bond acceptors (Lipinski definition) is 4. The van der Waals surface area contributed by atoms with Gasteiger partial charge in [0.05, 0.1) is 0 Å². The molecule has 0 aromatic carbocycles. The average Bonchev–Trinajstić information content (AvgIpc) is 3.31. The van der Waals surface area contributed by atoms with E-state index in [0.29, 0.717) is 6.54 Å². The maximum atomic E-state index is 12.3. The molecule has 3 heterocycles. The van der Waals surface area contributed by atoms with Crippen LogP contribution >= 0.6 is 35.3 Å². The zero-order valence-corrected chi connectivity index (χ0v) is 20.0. The Morgan fingerprint density at radius 3 is 2.86 bits per heavy atom. The molecule has 9 heteroatoms. The SMILES string of the molecule is CN=C(NCCCn1nc2n(c1=O)CCCC2)NCC(C)(C)c1cccs1.I. The van der Waals surface area contributed by atoms with E-state index in [1.807, 2.05) is 4.57 Å². The molecule has 2 aromatic heterocycles. The highest BCUT2D eigenvalue weighted by molar-refractivity contribution is 14.0. The summed E-state index contributed by atoms with van der Waals surface area (Å²) in [5.41, 5.74) is 0.0825. The van der Waals surface area contributed by atoms with Crippen molar-refractivity contribution in [1.82, 2.24) is 25.0 Å². The highest BCUT2D eigenvalue weighted by Crippen LogP contribution is 2.26. The normalized spacial score (nSPS) is 14.3. The van der Waals surface area contributed by atoms with Gasteiger partial charge in [0.1, 0.15) is 5.82 Å². The van der Waals surface area contributed by atoms with Crippen molar-refractivity contribution in [3.05, 3.63) is 38.7 Å². The lowest BCUT2D eigenvalue weighted by molar-refractivity contribution is 0.507. The number of guanidine groups is 1. The molecule has 0 fully saturated rings.